The molecule has 20 heavy (non-hydrogen) atoms. The van der Waals surface area contributed by atoms with Gasteiger partial charge in [-0.2, -0.15) is 0 Å². The summed E-state index contributed by atoms with van der Waals surface area (Å²) < 4.78 is 0. The number of carbonyl (C=O) groups is 2. The Kier molecular flexibility index (Phi) is 2.82. The molecule has 0 unspecified atom stereocenters. The zero-order chi connectivity index (χ0) is 14.6. The normalized spacial score (nSPS) is 33.5. The van der Waals surface area contributed by atoms with Crippen molar-refractivity contribution in [3.8, 4) is 0 Å². The minimum Gasteiger partial charge on any atom is -0.477 e. The second-order valence-electron chi connectivity index (χ2n) is 5.55. The molecule has 3 aliphatic rings. The molecule has 0 radical (unpaired) electrons. The highest BCUT2D eigenvalue weighted by Crippen LogP contribution is 2.45. The van der Waals surface area contributed by atoms with Gasteiger partial charge in [-0.25, -0.2) is 4.79 Å². The van der Waals surface area contributed by atoms with E-state index in [0.717, 1.165) is 5.71 Å². The van der Waals surface area contributed by atoms with Gasteiger partial charge in [-0.1, -0.05) is 5.16 Å². The predicted molar refractivity (Wildman–Crippen MR) is 67.7 cm³/mol. The van der Waals surface area contributed by atoms with Crippen LogP contribution in [0.1, 0.15) is 26.7 Å². The molecule has 0 spiro atoms. The lowest BCUT2D eigenvalue weighted by Crippen LogP contribution is -2.61. The molecule has 0 aliphatic carbocycles. The summed E-state index contributed by atoms with van der Waals surface area (Å²) in [7, 11) is 0. The lowest BCUT2D eigenvalue weighted by atomic mass is 9.82. The van der Waals surface area contributed by atoms with Crippen molar-refractivity contribution in [1.82, 2.24) is 4.90 Å². The molecule has 2 N–H and O–H groups in total. The van der Waals surface area contributed by atoms with Gasteiger partial charge in [0.2, 0.25) is 5.91 Å². The third kappa shape index (κ3) is 1.66. The molecule has 108 valence electrons. The number of β-lactam (4-membered cyclic amide) rings is 1. The van der Waals surface area contributed by atoms with Crippen molar-refractivity contribution in [2.24, 2.45) is 11.1 Å². The first-order valence-electron chi connectivity index (χ1n) is 6.58. The topological polar surface area (TPSA) is 99.4 Å². The Bertz CT molecular complexity index is 551. The number of amides is 1. The molecular weight excluding hydrogens is 264 g/mol. The van der Waals surface area contributed by atoms with Crippen LogP contribution in [0.4, 0.5) is 0 Å². The Morgan fingerprint density at radius 1 is 1.50 bits per heavy atom. The number of carboxylic acids is 1. The highest BCUT2D eigenvalue weighted by molar-refractivity contribution is 6.00. The number of rotatable bonds is 3. The summed E-state index contributed by atoms with van der Waals surface area (Å²) in [5.41, 5.74) is 1.41. The van der Waals surface area contributed by atoms with E-state index in [9.17, 15) is 19.8 Å². The van der Waals surface area contributed by atoms with E-state index in [2.05, 4.69) is 5.16 Å². The van der Waals surface area contributed by atoms with Crippen LogP contribution in [0, 0.1) is 5.92 Å². The third-order valence-electron chi connectivity index (χ3n) is 4.17. The molecular formula is C13H16N2O5. The van der Waals surface area contributed by atoms with Crippen LogP contribution in [0.25, 0.3) is 0 Å². The molecule has 7 heteroatoms. The van der Waals surface area contributed by atoms with Crippen molar-refractivity contribution in [3.05, 3.63) is 11.3 Å². The van der Waals surface area contributed by atoms with Crippen molar-refractivity contribution < 1.29 is 24.6 Å². The Balaban J connectivity index is 1.90. The van der Waals surface area contributed by atoms with Crippen LogP contribution in [0.2, 0.25) is 0 Å². The van der Waals surface area contributed by atoms with Crippen molar-refractivity contribution in [3.63, 3.8) is 0 Å². The summed E-state index contributed by atoms with van der Waals surface area (Å²) in [6.45, 7) is 3.37. The van der Waals surface area contributed by atoms with Crippen LogP contribution in [-0.4, -0.2) is 51.0 Å². The van der Waals surface area contributed by atoms with Crippen molar-refractivity contribution in [1.29, 1.82) is 0 Å². The van der Waals surface area contributed by atoms with Crippen LogP contribution in [0.5, 0.6) is 0 Å². The second kappa shape index (κ2) is 4.31. The maximum atomic E-state index is 12.0. The summed E-state index contributed by atoms with van der Waals surface area (Å²) in [6.07, 6.45) is -0.217. The quantitative estimate of drug-likeness (QED) is 0.714. The Labute approximate surface area is 115 Å². The minimum absolute atomic E-state index is 0.00630. The lowest BCUT2D eigenvalue weighted by molar-refractivity contribution is -0.161. The average Bonchev–Trinajstić information content (AvgIpc) is 2.90. The molecule has 7 nitrogen and oxygen atoms in total. The number of carboxylic acid groups (broad SMARTS) is 1. The number of hydrogen-bond donors (Lipinski definition) is 2. The van der Waals surface area contributed by atoms with Gasteiger partial charge in [-0.05, 0) is 20.3 Å². The number of aliphatic hydroxyl groups is 1. The average molecular weight is 280 g/mol. The molecule has 1 amide bonds. The van der Waals surface area contributed by atoms with Crippen molar-refractivity contribution >= 4 is 17.6 Å². The second-order valence-corrected chi connectivity index (χ2v) is 5.55. The highest BCUT2D eigenvalue weighted by atomic mass is 16.6. The van der Waals surface area contributed by atoms with Crippen molar-refractivity contribution in [2.75, 3.05) is 0 Å². The number of oxime groups is 1. The molecule has 3 rings (SSSR count). The van der Waals surface area contributed by atoms with Gasteiger partial charge in [-0.15, -0.1) is 0 Å². The Morgan fingerprint density at radius 2 is 2.20 bits per heavy atom. The molecule has 3 aliphatic heterocycles. The zero-order valence-electron chi connectivity index (χ0n) is 11.2. The van der Waals surface area contributed by atoms with Gasteiger partial charge in [0, 0.05) is 12.0 Å². The van der Waals surface area contributed by atoms with E-state index in [1.807, 2.05) is 6.92 Å². The van der Waals surface area contributed by atoms with E-state index in [-0.39, 0.29) is 17.6 Å². The number of fused-ring (bicyclic) bond motifs is 1. The lowest BCUT2D eigenvalue weighted by Gasteiger charge is -2.44. The standard InChI is InChI=1S/C13H16N2O5/c1-5-3-9(20-14-5)7-4-8-10(6(2)16)12(17)15(8)11(7)13(18)19/h6,8-10,16H,3-4H2,1-2H3,(H,18,19)/t6-,8-,9-,10-/m1/s1. The van der Waals surface area contributed by atoms with E-state index >= 15 is 0 Å². The third-order valence-corrected chi connectivity index (χ3v) is 4.17. The molecule has 1 fully saturated rings. The van der Waals surface area contributed by atoms with Crippen LogP contribution in [0.15, 0.2) is 16.4 Å². The van der Waals surface area contributed by atoms with E-state index in [0.29, 0.717) is 18.4 Å². The minimum atomic E-state index is -1.13. The van der Waals surface area contributed by atoms with Gasteiger partial charge in [0.15, 0.2) is 6.10 Å². The van der Waals surface area contributed by atoms with E-state index in [1.54, 1.807) is 6.92 Å². The zero-order valence-corrected chi connectivity index (χ0v) is 11.2. The number of aliphatic hydroxyl groups excluding tert-OH is 1. The first kappa shape index (κ1) is 13.1. The molecule has 0 aromatic heterocycles. The molecule has 3 heterocycles. The summed E-state index contributed by atoms with van der Waals surface area (Å²) in [5, 5.41) is 22.8. The Hall–Kier alpha value is -1.89. The molecule has 1 saturated heterocycles. The van der Waals surface area contributed by atoms with Gasteiger partial charge in [0.1, 0.15) is 5.70 Å². The number of aliphatic carboxylic acids is 1. The monoisotopic (exact) mass is 280 g/mol. The Morgan fingerprint density at radius 3 is 2.70 bits per heavy atom. The predicted octanol–water partition coefficient (Wildman–Crippen LogP) is 0.101. The van der Waals surface area contributed by atoms with Gasteiger partial charge in [0.05, 0.1) is 23.8 Å². The number of carbonyl (C=O) groups excluding carboxylic acids is 1. The van der Waals surface area contributed by atoms with Crippen LogP contribution in [0.3, 0.4) is 0 Å². The van der Waals surface area contributed by atoms with Gasteiger partial charge in [0.25, 0.3) is 0 Å². The van der Waals surface area contributed by atoms with Crippen LogP contribution >= 0.6 is 0 Å². The SMILES string of the molecule is CC1=NO[C@@H](C2=C(C(=O)O)N3C(=O)[C@H]([C@@H](C)O)[C@H]3C2)C1. The first-order chi connectivity index (χ1) is 9.41. The van der Waals surface area contributed by atoms with Crippen molar-refractivity contribution in [2.45, 2.75) is 44.9 Å². The molecule has 0 aromatic rings. The molecule has 0 aromatic carbocycles. The summed E-state index contributed by atoms with van der Waals surface area (Å²) >= 11 is 0. The largest absolute Gasteiger partial charge is 0.477 e. The van der Waals surface area contributed by atoms with Crippen LogP contribution in [-0.2, 0) is 14.4 Å². The molecule has 0 saturated carbocycles. The molecule has 0 bridgehead atoms. The van der Waals surface area contributed by atoms with Gasteiger partial charge in [-0.3, -0.25) is 4.79 Å². The summed E-state index contributed by atoms with van der Waals surface area (Å²) in [5.74, 6) is -1.98. The fourth-order valence-electron chi connectivity index (χ4n) is 3.27. The van der Waals surface area contributed by atoms with E-state index in [1.165, 1.54) is 4.90 Å². The highest BCUT2D eigenvalue weighted by Gasteiger charge is 2.57. The summed E-state index contributed by atoms with van der Waals surface area (Å²) in [4.78, 5) is 30.0. The maximum absolute atomic E-state index is 12.0. The number of nitrogens with zero attached hydrogens (tertiary/aromatic N) is 2. The summed E-state index contributed by atoms with van der Waals surface area (Å²) in [6, 6.07) is -0.270. The van der Waals surface area contributed by atoms with E-state index < -0.39 is 24.1 Å². The maximum Gasteiger partial charge on any atom is 0.352 e. The van der Waals surface area contributed by atoms with Gasteiger partial charge < -0.3 is 20.0 Å². The smallest absolute Gasteiger partial charge is 0.352 e. The van der Waals surface area contributed by atoms with E-state index in [4.69, 9.17) is 4.84 Å². The van der Waals surface area contributed by atoms with Crippen LogP contribution < -0.4 is 0 Å². The molecule has 4 atom stereocenters. The first-order valence-corrected chi connectivity index (χ1v) is 6.58. The van der Waals surface area contributed by atoms with Gasteiger partial charge >= 0.3 is 5.97 Å². The fourth-order valence-corrected chi connectivity index (χ4v) is 3.27. The number of hydrogen-bond acceptors (Lipinski definition) is 5. The fraction of sp³-hybridized carbons (Fsp3) is 0.615.